The Bertz CT molecular complexity index is 1700. The summed E-state index contributed by atoms with van der Waals surface area (Å²) in [5, 5.41) is 3.82. The molecule has 0 spiro atoms. The maximum absolute atomic E-state index is 14.2. The van der Waals surface area contributed by atoms with Crippen LogP contribution in [0.5, 0.6) is 0 Å². The van der Waals surface area contributed by atoms with E-state index in [1.54, 1.807) is 30.4 Å². The Balaban J connectivity index is 1.58. The molecule has 4 aromatic heterocycles. The molecule has 0 saturated carbocycles. The minimum Gasteiger partial charge on any atom is -0.368 e. The van der Waals surface area contributed by atoms with Gasteiger partial charge in [0.1, 0.15) is 20.9 Å². The second-order valence-electron chi connectivity index (χ2n) is 8.97. The van der Waals surface area contributed by atoms with Crippen LogP contribution < -0.4 is 15.9 Å². The van der Waals surface area contributed by atoms with Crippen molar-refractivity contribution in [2.45, 2.75) is 13.1 Å². The zero-order valence-corrected chi connectivity index (χ0v) is 20.8. The number of anilines is 1. The monoisotopic (exact) mass is 525 g/mol. The lowest BCUT2D eigenvalue weighted by molar-refractivity contribution is -0.137. The predicted octanol–water partition coefficient (Wildman–Crippen LogP) is 4.13. The van der Waals surface area contributed by atoms with E-state index in [1.807, 2.05) is 19.1 Å². The maximum Gasteiger partial charge on any atom is 0.418 e. The second kappa shape index (κ2) is 8.67. The summed E-state index contributed by atoms with van der Waals surface area (Å²) in [6.45, 7) is 4.04. The number of hydrogen-bond acceptors (Lipinski definition) is 7. The van der Waals surface area contributed by atoms with Crippen molar-refractivity contribution in [3.8, 4) is 16.3 Å². The molecule has 0 unspecified atom stereocenters. The van der Waals surface area contributed by atoms with Crippen LogP contribution >= 0.6 is 11.3 Å². The van der Waals surface area contributed by atoms with Crippen LogP contribution in [0.25, 0.3) is 37.6 Å². The van der Waals surface area contributed by atoms with Gasteiger partial charge >= 0.3 is 11.9 Å². The fourth-order valence-corrected chi connectivity index (χ4v) is 5.60. The Morgan fingerprint density at radius 1 is 1.05 bits per heavy atom. The van der Waals surface area contributed by atoms with E-state index < -0.39 is 17.4 Å². The molecule has 0 aliphatic carbocycles. The van der Waals surface area contributed by atoms with Gasteiger partial charge in [-0.1, -0.05) is 11.3 Å². The molecule has 5 heterocycles. The number of nitrogens with zero attached hydrogens (tertiary/aromatic N) is 6. The fourth-order valence-electron chi connectivity index (χ4n) is 4.70. The molecule has 5 aromatic rings. The Hall–Kier alpha value is -3.77. The van der Waals surface area contributed by atoms with Crippen LogP contribution in [0.4, 0.5) is 18.9 Å². The van der Waals surface area contributed by atoms with E-state index >= 15 is 0 Å². The first-order valence-corrected chi connectivity index (χ1v) is 12.5. The Morgan fingerprint density at radius 2 is 1.84 bits per heavy atom. The van der Waals surface area contributed by atoms with E-state index in [0.29, 0.717) is 52.6 Å². The SMILES string of the molecule is Cc1ccc(-c2nc3c(ncc4c3n(-c3ccc(N5CCNCC5)c(C(F)(F)F)c3)c(=O)n4C)s2)cn1. The molecular formula is C25H22F3N7OS. The number of piperazine rings is 1. The molecule has 1 saturated heterocycles. The molecule has 190 valence electrons. The Morgan fingerprint density at radius 3 is 2.54 bits per heavy atom. The van der Waals surface area contributed by atoms with Crippen LogP contribution in [-0.4, -0.2) is 50.3 Å². The molecule has 0 atom stereocenters. The van der Waals surface area contributed by atoms with Crippen molar-refractivity contribution in [1.29, 1.82) is 0 Å². The first-order valence-electron chi connectivity index (χ1n) is 11.7. The summed E-state index contributed by atoms with van der Waals surface area (Å²) in [5.41, 5.74) is 2.01. The highest BCUT2D eigenvalue weighted by atomic mass is 32.1. The minimum absolute atomic E-state index is 0.112. The zero-order valence-electron chi connectivity index (χ0n) is 20.0. The van der Waals surface area contributed by atoms with Gasteiger partial charge in [0.2, 0.25) is 0 Å². The molecule has 1 N–H and O–H groups in total. The molecule has 12 heteroatoms. The smallest absolute Gasteiger partial charge is 0.368 e. The summed E-state index contributed by atoms with van der Waals surface area (Å²) >= 11 is 1.34. The fraction of sp³-hybridized carbons (Fsp3) is 0.280. The van der Waals surface area contributed by atoms with Crippen molar-refractivity contribution >= 4 is 38.4 Å². The highest BCUT2D eigenvalue weighted by Gasteiger charge is 2.36. The lowest BCUT2D eigenvalue weighted by Crippen LogP contribution is -2.44. The molecule has 6 rings (SSSR count). The third-order valence-electron chi connectivity index (χ3n) is 6.60. The van der Waals surface area contributed by atoms with Crippen molar-refractivity contribution in [3.05, 3.63) is 64.5 Å². The topological polar surface area (TPSA) is 80.9 Å². The highest BCUT2D eigenvalue weighted by molar-refractivity contribution is 7.21. The number of nitrogens with one attached hydrogen (secondary N) is 1. The van der Waals surface area contributed by atoms with Crippen LogP contribution in [0.2, 0.25) is 0 Å². The summed E-state index contributed by atoms with van der Waals surface area (Å²) in [5.74, 6) is 0. The van der Waals surface area contributed by atoms with Crippen LogP contribution in [-0.2, 0) is 13.2 Å². The standard InChI is InChI=1S/C25H22F3N7OS/c1-14-3-4-15(12-30-14)22-32-20-21-19(13-31-23(20)37-22)33(2)24(36)35(21)16-5-6-18(17(11-16)25(26,27)28)34-9-7-29-8-10-34/h3-6,11-13,29H,7-10H2,1-2H3. The van der Waals surface area contributed by atoms with E-state index in [-0.39, 0.29) is 11.4 Å². The van der Waals surface area contributed by atoms with Crippen molar-refractivity contribution in [2.24, 2.45) is 7.05 Å². The minimum atomic E-state index is -4.59. The van der Waals surface area contributed by atoms with Gasteiger partial charge < -0.3 is 10.2 Å². The lowest BCUT2D eigenvalue weighted by Gasteiger charge is -2.31. The molecule has 1 aliphatic heterocycles. The first kappa shape index (κ1) is 23.6. The largest absolute Gasteiger partial charge is 0.418 e. The molecule has 0 bridgehead atoms. The number of hydrogen-bond donors (Lipinski definition) is 1. The highest BCUT2D eigenvalue weighted by Crippen LogP contribution is 2.39. The number of rotatable bonds is 3. The van der Waals surface area contributed by atoms with E-state index in [2.05, 4.69) is 15.3 Å². The summed E-state index contributed by atoms with van der Waals surface area (Å²) in [6.07, 6.45) is -1.31. The Kier molecular flexibility index (Phi) is 5.53. The van der Waals surface area contributed by atoms with Crippen LogP contribution in [0, 0.1) is 6.92 Å². The third kappa shape index (κ3) is 3.96. The summed E-state index contributed by atoms with van der Waals surface area (Å²) < 4.78 is 45.4. The second-order valence-corrected chi connectivity index (χ2v) is 9.94. The lowest BCUT2D eigenvalue weighted by atomic mass is 10.1. The first-order chi connectivity index (χ1) is 17.7. The van der Waals surface area contributed by atoms with Crippen LogP contribution in [0.3, 0.4) is 0 Å². The maximum atomic E-state index is 14.2. The molecule has 0 amide bonds. The van der Waals surface area contributed by atoms with Gasteiger partial charge in [-0.15, -0.1) is 0 Å². The quantitative estimate of drug-likeness (QED) is 0.382. The van der Waals surface area contributed by atoms with Crippen LogP contribution in [0.15, 0.2) is 47.5 Å². The summed E-state index contributed by atoms with van der Waals surface area (Å²) in [7, 11) is 1.58. The van der Waals surface area contributed by atoms with Gasteiger partial charge in [-0.05, 0) is 37.3 Å². The Labute approximate surface area is 213 Å². The predicted molar refractivity (Wildman–Crippen MR) is 138 cm³/mol. The molecule has 1 aliphatic rings. The van der Waals surface area contributed by atoms with E-state index in [4.69, 9.17) is 4.98 Å². The molecule has 1 fully saturated rings. The van der Waals surface area contributed by atoms with Gasteiger partial charge in [0.15, 0.2) is 0 Å². The van der Waals surface area contributed by atoms with Gasteiger partial charge in [-0.25, -0.2) is 14.8 Å². The average Bonchev–Trinajstić information content (AvgIpc) is 3.43. The number of fused-ring (bicyclic) bond motifs is 3. The number of aryl methyl sites for hydroxylation is 2. The molecule has 37 heavy (non-hydrogen) atoms. The zero-order chi connectivity index (χ0) is 25.9. The van der Waals surface area contributed by atoms with Crippen LogP contribution in [0.1, 0.15) is 11.3 Å². The van der Waals surface area contributed by atoms with Crippen molar-refractivity contribution < 1.29 is 13.2 Å². The van der Waals surface area contributed by atoms with E-state index in [9.17, 15) is 18.0 Å². The summed E-state index contributed by atoms with van der Waals surface area (Å²) in [6, 6.07) is 7.86. The molecule has 1 aromatic carbocycles. The van der Waals surface area contributed by atoms with Crippen molar-refractivity contribution in [1.82, 2.24) is 29.4 Å². The van der Waals surface area contributed by atoms with Gasteiger partial charge in [0.25, 0.3) is 0 Å². The average molecular weight is 526 g/mol. The van der Waals surface area contributed by atoms with Gasteiger partial charge in [0, 0.05) is 56.4 Å². The normalized spacial score (nSPS) is 14.7. The molecular weight excluding hydrogens is 503 g/mol. The van der Waals surface area contributed by atoms with Crippen molar-refractivity contribution in [3.63, 3.8) is 0 Å². The molecule has 8 nitrogen and oxygen atoms in total. The van der Waals surface area contributed by atoms with E-state index in [1.165, 1.54) is 26.5 Å². The molecule has 0 radical (unpaired) electrons. The van der Waals surface area contributed by atoms with Gasteiger partial charge in [0.05, 0.1) is 23.0 Å². The number of aromatic nitrogens is 5. The number of thiazole rings is 1. The third-order valence-corrected chi connectivity index (χ3v) is 7.62. The van der Waals surface area contributed by atoms with Gasteiger partial charge in [-0.2, -0.15) is 13.2 Å². The van der Waals surface area contributed by atoms with Gasteiger partial charge in [-0.3, -0.25) is 14.1 Å². The van der Waals surface area contributed by atoms with E-state index in [0.717, 1.165) is 17.3 Å². The number of alkyl halides is 3. The number of pyridine rings is 2. The summed E-state index contributed by atoms with van der Waals surface area (Å²) in [4.78, 5) is 29.2. The number of benzene rings is 1. The number of halogens is 3. The van der Waals surface area contributed by atoms with Crippen molar-refractivity contribution in [2.75, 3.05) is 31.1 Å². The number of imidazole rings is 1.